The Morgan fingerprint density at radius 2 is 2.20 bits per heavy atom. The molecule has 0 spiro atoms. The van der Waals surface area contributed by atoms with Crippen molar-refractivity contribution in [1.82, 2.24) is 0 Å². The van der Waals surface area contributed by atoms with E-state index in [1.807, 2.05) is 0 Å². The normalized spacial score (nSPS) is 37.6. The van der Waals surface area contributed by atoms with Crippen LogP contribution in [-0.4, -0.2) is 34.5 Å². The van der Waals surface area contributed by atoms with Crippen LogP contribution < -0.4 is 0 Å². The molecule has 0 heterocycles. The SMILES string of the molecule is O=C(O)[C@@]1(CO)C[C@@H]1CO. The number of aliphatic carboxylic acids is 1. The van der Waals surface area contributed by atoms with Gasteiger partial charge >= 0.3 is 5.97 Å². The highest BCUT2D eigenvalue weighted by molar-refractivity contribution is 5.78. The van der Waals surface area contributed by atoms with Crippen LogP contribution in [0, 0.1) is 11.3 Å². The van der Waals surface area contributed by atoms with E-state index in [1.54, 1.807) is 0 Å². The Labute approximate surface area is 58.1 Å². The summed E-state index contributed by atoms with van der Waals surface area (Å²) in [5.74, 6) is -1.25. The second-order valence-electron chi connectivity index (χ2n) is 2.70. The molecule has 0 aromatic heterocycles. The molecule has 1 saturated carbocycles. The highest BCUT2D eigenvalue weighted by Gasteiger charge is 2.59. The summed E-state index contributed by atoms with van der Waals surface area (Å²) >= 11 is 0. The minimum atomic E-state index is -1.02. The molecule has 0 radical (unpaired) electrons. The van der Waals surface area contributed by atoms with Crippen LogP contribution in [0.5, 0.6) is 0 Å². The summed E-state index contributed by atoms with van der Waals surface area (Å²) in [5, 5.41) is 25.7. The first-order valence-corrected chi connectivity index (χ1v) is 3.12. The van der Waals surface area contributed by atoms with E-state index in [0.717, 1.165) is 0 Å². The first-order valence-electron chi connectivity index (χ1n) is 3.12. The molecule has 3 N–H and O–H groups in total. The number of hydrogen-bond acceptors (Lipinski definition) is 3. The lowest BCUT2D eigenvalue weighted by atomic mass is 10.1. The van der Waals surface area contributed by atoms with Crippen molar-refractivity contribution in [2.24, 2.45) is 11.3 Å². The van der Waals surface area contributed by atoms with Gasteiger partial charge in [-0.05, 0) is 6.42 Å². The van der Waals surface area contributed by atoms with Gasteiger partial charge in [0.1, 0.15) is 0 Å². The maximum Gasteiger partial charge on any atom is 0.312 e. The van der Waals surface area contributed by atoms with Crippen molar-refractivity contribution >= 4 is 5.97 Å². The lowest BCUT2D eigenvalue weighted by molar-refractivity contribution is -0.145. The van der Waals surface area contributed by atoms with Gasteiger partial charge in [0.25, 0.3) is 0 Å². The Hall–Kier alpha value is -0.610. The molecule has 4 nitrogen and oxygen atoms in total. The van der Waals surface area contributed by atoms with Crippen LogP contribution in [0.15, 0.2) is 0 Å². The van der Waals surface area contributed by atoms with Gasteiger partial charge in [-0.2, -0.15) is 0 Å². The molecular formula is C6H10O4. The highest BCUT2D eigenvalue weighted by Crippen LogP contribution is 2.51. The number of aliphatic hydroxyl groups is 2. The zero-order chi connectivity index (χ0) is 7.78. The molecule has 4 heteroatoms. The smallest absolute Gasteiger partial charge is 0.312 e. The molecule has 0 amide bonds. The molecule has 0 aromatic rings. The van der Waals surface area contributed by atoms with Gasteiger partial charge in [0, 0.05) is 12.5 Å². The summed E-state index contributed by atoms with van der Waals surface area (Å²) in [6, 6.07) is 0. The van der Waals surface area contributed by atoms with Gasteiger partial charge in [-0.15, -0.1) is 0 Å². The minimum absolute atomic E-state index is 0.146. The van der Waals surface area contributed by atoms with E-state index in [9.17, 15) is 4.79 Å². The van der Waals surface area contributed by atoms with Crippen molar-refractivity contribution in [1.29, 1.82) is 0 Å². The quantitative estimate of drug-likeness (QED) is 0.480. The van der Waals surface area contributed by atoms with Crippen LogP contribution in [0.3, 0.4) is 0 Å². The maximum absolute atomic E-state index is 10.4. The predicted octanol–water partition coefficient (Wildman–Crippen LogP) is -0.938. The summed E-state index contributed by atoms with van der Waals surface area (Å²) in [7, 11) is 0. The number of aliphatic hydroxyl groups excluding tert-OH is 2. The lowest BCUT2D eigenvalue weighted by Crippen LogP contribution is -2.22. The van der Waals surface area contributed by atoms with Gasteiger partial charge < -0.3 is 15.3 Å². The number of carboxylic acid groups (broad SMARTS) is 1. The Balaban J connectivity index is 2.59. The molecule has 58 valence electrons. The van der Waals surface area contributed by atoms with Crippen molar-refractivity contribution < 1.29 is 20.1 Å². The standard InChI is InChI=1S/C6H10O4/c7-2-4-1-6(4,3-8)5(9)10/h4,7-8H,1-3H2,(H,9,10)/t4-,6-/m1/s1. The molecule has 0 unspecified atom stereocenters. The van der Waals surface area contributed by atoms with Gasteiger partial charge in [-0.3, -0.25) is 4.79 Å². The van der Waals surface area contributed by atoms with Crippen molar-refractivity contribution in [3.05, 3.63) is 0 Å². The zero-order valence-electron chi connectivity index (χ0n) is 5.45. The molecule has 2 atom stereocenters. The first-order chi connectivity index (χ1) is 4.67. The van der Waals surface area contributed by atoms with E-state index >= 15 is 0 Å². The largest absolute Gasteiger partial charge is 0.481 e. The summed E-state index contributed by atoms with van der Waals surface area (Å²) in [5.41, 5.74) is -1.02. The third-order valence-electron chi connectivity index (χ3n) is 2.16. The van der Waals surface area contributed by atoms with Gasteiger partial charge in [0.2, 0.25) is 0 Å². The zero-order valence-corrected chi connectivity index (χ0v) is 5.45. The maximum atomic E-state index is 10.4. The van der Waals surface area contributed by atoms with Crippen molar-refractivity contribution in [3.63, 3.8) is 0 Å². The van der Waals surface area contributed by atoms with Crippen LogP contribution in [-0.2, 0) is 4.79 Å². The van der Waals surface area contributed by atoms with E-state index in [1.165, 1.54) is 0 Å². The fourth-order valence-electron chi connectivity index (χ4n) is 1.14. The number of carbonyl (C=O) groups is 1. The number of rotatable bonds is 3. The lowest BCUT2D eigenvalue weighted by Gasteiger charge is -2.05. The van der Waals surface area contributed by atoms with Crippen LogP contribution in [0.1, 0.15) is 6.42 Å². The molecule has 0 bridgehead atoms. The summed E-state index contributed by atoms with van der Waals surface area (Å²) < 4.78 is 0. The molecule has 0 aromatic carbocycles. The van der Waals surface area contributed by atoms with E-state index < -0.39 is 11.4 Å². The van der Waals surface area contributed by atoms with Crippen LogP contribution in [0.2, 0.25) is 0 Å². The van der Waals surface area contributed by atoms with Crippen molar-refractivity contribution in [3.8, 4) is 0 Å². The molecule has 1 fully saturated rings. The molecule has 0 saturated heterocycles. The van der Waals surface area contributed by atoms with Gasteiger partial charge in [0.05, 0.1) is 12.0 Å². The second kappa shape index (κ2) is 2.21. The monoisotopic (exact) mass is 146 g/mol. The highest BCUT2D eigenvalue weighted by atomic mass is 16.4. The van der Waals surface area contributed by atoms with E-state index in [0.29, 0.717) is 6.42 Å². The molecule has 1 aliphatic carbocycles. The molecule has 10 heavy (non-hydrogen) atoms. The average molecular weight is 146 g/mol. The topological polar surface area (TPSA) is 77.8 Å². The van der Waals surface area contributed by atoms with E-state index in [-0.39, 0.29) is 19.1 Å². The van der Waals surface area contributed by atoms with Gasteiger partial charge in [-0.1, -0.05) is 0 Å². The number of hydrogen-bond donors (Lipinski definition) is 3. The van der Waals surface area contributed by atoms with Gasteiger partial charge in [-0.25, -0.2) is 0 Å². The number of carboxylic acids is 1. The van der Waals surface area contributed by atoms with E-state index in [4.69, 9.17) is 15.3 Å². The molecular weight excluding hydrogens is 136 g/mol. The van der Waals surface area contributed by atoms with Crippen LogP contribution in [0.4, 0.5) is 0 Å². The minimum Gasteiger partial charge on any atom is -0.481 e. The van der Waals surface area contributed by atoms with E-state index in [2.05, 4.69) is 0 Å². The molecule has 1 aliphatic rings. The Morgan fingerprint density at radius 3 is 2.30 bits per heavy atom. The third kappa shape index (κ3) is 0.803. The molecule has 1 rings (SSSR count). The first kappa shape index (κ1) is 7.50. The summed E-state index contributed by atoms with van der Waals surface area (Å²) in [6.45, 7) is -0.513. The summed E-state index contributed by atoms with van der Waals surface area (Å²) in [6.07, 6.45) is 0.398. The average Bonchev–Trinajstić information content (AvgIpc) is 2.62. The Morgan fingerprint density at radius 1 is 1.60 bits per heavy atom. The van der Waals surface area contributed by atoms with Crippen molar-refractivity contribution in [2.45, 2.75) is 6.42 Å². The predicted molar refractivity (Wildman–Crippen MR) is 32.3 cm³/mol. The summed E-state index contributed by atoms with van der Waals surface area (Å²) in [4.78, 5) is 10.4. The fraction of sp³-hybridized carbons (Fsp3) is 0.833. The second-order valence-corrected chi connectivity index (χ2v) is 2.70. The Bertz CT molecular complexity index is 156. The molecule has 0 aliphatic heterocycles. The third-order valence-corrected chi connectivity index (χ3v) is 2.16. The van der Waals surface area contributed by atoms with Gasteiger partial charge in [0.15, 0.2) is 0 Å². The Kier molecular flexibility index (Phi) is 1.66. The van der Waals surface area contributed by atoms with Crippen molar-refractivity contribution in [2.75, 3.05) is 13.2 Å². The van der Waals surface area contributed by atoms with Crippen LogP contribution >= 0.6 is 0 Å². The fourth-order valence-corrected chi connectivity index (χ4v) is 1.14. The van der Waals surface area contributed by atoms with Crippen LogP contribution in [0.25, 0.3) is 0 Å².